The fourth-order valence-corrected chi connectivity index (χ4v) is 6.11. The van der Waals surface area contributed by atoms with E-state index in [0.717, 1.165) is 68.7 Å². The third kappa shape index (κ3) is 5.05. The number of pyridine rings is 1. The number of carbonyl (C=O) groups is 2. The van der Waals surface area contributed by atoms with Crippen LogP contribution in [0, 0.1) is 6.92 Å². The number of benzene rings is 1. The smallest absolute Gasteiger partial charge is 0.253 e. The van der Waals surface area contributed by atoms with Crippen LogP contribution in [-0.4, -0.2) is 73.1 Å². The lowest BCUT2D eigenvalue weighted by atomic mass is 9.96. The number of aromatic nitrogens is 1. The number of methoxy groups -OCH3 is 1. The Morgan fingerprint density at radius 3 is 2.28 bits per heavy atom. The summed E-state index contributed by atoms with van der Waals surface area (Å²) < 4.78 is 5.38. The molecule has 2 aromatic rings. The van der Waals surface area contributed by atoms with Gasteiger partial charge in [0.25, 0.3) is 11.8 Å². The quantitative estimate of drug-likeness (QED) is 0.646. The van der Waals surface area contributed by atoms with E-state index in [1.54, 1.807) is 13.3 Å². The first-order chi connectivity index (χ1) is 17.4. The molecule has 4 heterocycles. The van der Waals surface area contributed by atoms with Crippen LogP contribution < -0.4 is 20.3 Å². The van der Waals surface area contributed by atoms with Crippen molar-refractivity contribution in [3.05, 3.63) is 53.2 Å². The van der Waals surface area contributed by atoms with Gasteiger partial charge in [0.05, 0.1) is 12.7 Å². The number of nitrogens with zero attached hydrogens (tertiary/aromatic N) is 3. The number of carbonyl (C=O) groups excluding carboxylic acids is 2. The van der Waals surface area contributed by atoms with Gasteiger partial charge in [-0.25, -0.2) is 4.98 Å². The number of amides is 2. The predicted molar refractivity (Wildman–Crippen MR) is 140 cm³/mol. The number of fused-ring (bicyclic) bond motifs is 2. The van der Waals surface area contributed by atoms with Crippen LogP contribution in [-0.2, 0) is 0 Å². The van der Waals surface area contributed by atoms with Crippen LogP contribution in [0.15, 0.2) is 36.5 Å². The molecular formula is C28H37N5O3. The van der Waals surface area contributed by atoms with E-state index in [1.165, 1.54) is 0 Å². The highest BCUT2D eigenvalue weighted by Crippen LogP contribution is 2.38. The molecule has 3 aliphatic heterocycles. The average molecular weight is 492 g/mol. The summed E-state index contributed by atoms with van der Waals surface area (Å²) in [5.74, 6) is 1.57. The van der Waals surface area contributed by atoms with Crippen LogP contribution in [0.2, 0.25) is 0 Å². The Balaban J connectivity index is 1.19. The number of likely N-dealkylation sites (tertiary alicyclic amines) is 1. The maximum atomic E-state index is 13.0. The van der Waals surface area contributed by atoms with Gasteiger partial charge in [0.15, 0.2) is 0 Å². The van der Waals surface area contributed by atoms with Gasteiger partial charge in [0, 0.05) is 41.5 Å². The van der Waals surface area contributed by atoms with Crippen molar-refractivity contribution in [2.75, 3.05) is 32.1 Å². The largest absolute Gasteiger partial charge is 0.496 e. The fourth-order valence-electron chi connectivity index (χ4n) is 6.11. The molecule has 192 valence electrons. The highest BCUT2D eigenvalue weighted by molar-refractivity contribution is 5.96. The number of rotatable bonds is 6. The van der Waals surface area contributed by atoms with E-state index in [9.17, 15) is 9.59 Å². The van der Waals surface area contributed by atoms with Crippen molar-refractivity contribution in [2.24, 2.45) is 0 Å². The molecule has 1 aromatic heterocycles. The molecule has 3 saturated heterocycles. The molecule has 3 atom stereocenters. The van der Waals surface area contributed by atoms with Gasteiger partial charge in [-0.1, -0.05) is 6.07 Å². The zero-order chi connectivity index (χ0) is 25.2. The first-order valence-electron chi connectivity index (χ1n) is 13.1. The molecule has 3 aliphatic rings. The van der Waals surface area contributed by atoms with E-state index < -0.39 is 0 Å². The summed E-state index contributed by atoms with van der Waals surface area (Å²) in [5, 5.41) is 6.43. The lowest BCUT2D eigenvalue weighted by Gasteiger charge is -2.40. The molecule has 8 nitrogen and oxygen atoms in total. The Morgan fingerprint density at radius 1 is 0.944 bits per heavy atom. The first-order valence-corrected chi connectivity index (χ1v) is 13.1. The Labute approximate surface area is 213 Å². The minimum Gasteiger partial charge on any atom is -0.496 e. The molecule has 36 heavy (non-hydrogen) atoms. The van der Waals surface area contributed by atoms with Crippen molar-refractivity contribution < 1.29 is 14.3 Å². The molecule has 8 heteroatoms. The number of hydrogen-bond acceptors (Lipinski definition) is 6. The van der Waals surface area contributed by atoms with Gasteiger partial charge in [-0.05, 0) is 89.9 Å². The van der Waals surface area contributed by atoms with E-state index in [4.69, 9.17) is 4.74 Å². The van der Waals surface area contributed by atoms with E-state index in [-0.39, 0.29) is 23.9 Å². The van der Waals surface area contributed by atoms with Crippen molar-refractivity contribution in [1.82, 2.24) is 20.5 Å². The van der Waals surface area contributed by atoms with Crippen molar-refractivity contribution in [3.8, 4) is 5.75 Å². The molecule has 0 aliphatic carbocycles. The molecule has 0 spiro atoms. The van der Waals surface area contributed by atoms with E-state index in [2.05, 4.69) is 32.5 Å². The highest BCUT2D eigenvalue weighted by atomic mass is 16.5. The zero-order valence-corrected chi connectivity index (χ0v) is 21.5. The topological polar surface area (TPSA) is 86.8 Å². The van der Waals surface area contributed by atoms with Crippen LogP contribution in [0.4, 0.5) is 5.82 Å². The molecular weight excluding hydrogens is 454 g/mol. The summed E-state index contributed by atoms with van der Waals surface area (Å²) in [5.41, 5.74) is 2.14. The van der Waals surface area contributed by atoms with E-state index in [1.807, 2.05) is 37.3 Å². The molecule has 3 fully saturated rings. The highest BCUT2D eigenvalue weighted by Gasteiger charge is 2.42. The van der Waals surface area contributed by atoms with Crippen molar-refractivity contribution in [2.45, 2.75) is 69.6 Å². The summed E-state index contributed by atoms with van der Waals surface area (Å²) in [6.07, 6.45) is 7.65. The Bertz CT molecular complexity index is 1080. The number of ether oxygens (including phenoxy) is 1. The fraction of sp³-hybridized carbons (Fsp3) is 0.536. The van der Waals surface area contributed by atoms with E-state index >= 15 is 0 Å². The van der Waals surface area contributed by atoms with Gasteiger partial charge in [-0.3, -0.25) is 9.59 Å². The Kier molecular flexibility index (Phi) is 7.14. The molecule has 2 amide bonds. The van der Waals surface area contributed by atoms with Gasteiger partial charge >= 0.3 is 0 Å². The van der Waals surface area contributed by atoms with Crippen LogP contribution in [0.25, 0.3) is 0 Å². The van der Waals surface area contributed by atoms with E-state index in [0.29, 0.717) is 23.2 Å². The van der Waals surface area contributed by atoms with Crippen molar-refractivity contribution in [3.63, 3.8) is 0 Å². The summed E-state index contributed by atoms with van der Waals surface area (Å²) in [4.78, 5) is 35.1. The maximum Gasteiger partial charge on any atom is 0.253 e. The third-order valence-electron chi connectivity index (χ3n) is 8.15. The lowest BCUT2D eigenvalue weighted by Crippen LogP contribution is -2.50. The minimum absolute atomic E-state index is 0.0395. The second-order valence-electron chi connectivity index (χ2n) is 10.5. The molecule has 2 N–H and O–H groups in total. The number of hydrogen-bond donors (Lipinski definition) is 2. The SMILES string of the molecule is COc1cccc(C(=O)NC2C[C@H]3CC[C@@H](C2)N3c2ccc(C(=O)NC3CCN(C)CC3)cn2)c1C. The summed E-state index contributed by atoms with van der Waals surface area (Å²) in [6.45, 7) is 3.95. The van der Waals surface area contributed by atoms with Crippen LogP contribution in [0.1, 0.15) is 64.8 Å². The third-order valence-corrected chi connectivity index (χ3v) is 8.15. The maximum absolute atomic E-state index is 13.0. The standard InChI is InChI=1S/C28H37N5O3/c1-18-24(5-4-6-25(18)36-3)28(35)31-21-15-22-8-9-23(16-21)33(22)26-10-7-19(17-29-26)27(34)30-20-11-13-32(2)14-12-20/h4-7,10,17,20-23H,8-9,11-16H2,1-3H3,(H,30,34)(H,31,35)/t21?,22-,23+. The molecule has 1 unspecified atom stereocenters. The summed E-state index contributed by atoms with van der Waals surface area (Å²) in [7, 11) is 3.74. The average Bonchev–Trinajstić information content (AvgIpc) is 3.15. The monoisotopic (exact) mass is 491 g/mol. The van der Waals surface area contributed by atoms with Crippen LogP contribution in [0.3, 0.4) is 0 Å². The first kappa shape index (κ1) is 24.6. The van der Waals surface area contributed by atoms with Gasteiger partial charge in [-0.15, -0.1) is 0 Å². The Hall–Kier alpha value is -3.13. The minimum atomic E-state index is -0.0409. The van der Waals surface area contributed by atoms with Crippen LogP contribution in [0.5, 0.6) is 5.75 Å². The van der Waals surface area contributed by atoms with Crippen LogP contribution >= 0.6 is 0 Å². The van der Waals surface area contributed by atoms with Gasteiger partial charge < -0.3 is 25.2 Å². The van der Waals surface area contributed by atoms with Gasteiger partial charge in [0.2, 0.25) is 0 Å². The number of nitrogens with one attached hydrogen (secondary N) is 2. The van der Waals surface area contributed by atoms with Crippen molar-refractivity contribution >= 4 is 17.6 Å². The van der Waals surface area contributed by atoms with Crippen molar-refractivity contribution in [1.29, 1.82) is 0 Å². The molecule has 1 aromatic carbocycles. The molecule has 0 radical (unpaired) electrons. The summed E-state index contributed by atoms with van der Waals surface area (Å²) in [6, 6.07) is 10.5. The van der Waals surface area contributed by atoms with Gasteiger partial charge in [-0.2, -0.15) is 0 Å². The molecule has 2 bridgehead atoms. The zero-order valence-electron chi connectivity index (χ0n) is 21.5. The second kappa shape index (κ2) is 10.5. The molecule has 0 saturated carbocycles. The number of piperidine rings is 2. The predicted octanol–water partition coefficient (Wildman–Crippen LogP) is 3.15. The lowest BCUT2D eigenvalue weighted by molar-refractivity contribution is 0.0912. The second-order valence-corrected chi connectivity index (χ2v) is 10.5. The Morgan fingerprint density at radius 2 is 1.64 bits per heavy atom. The number of anilines is 1. The summed E-state index contributed by atoms with van der Waals surface area (Å²) >= 11 is 0. The molecule has 5 rings (SSSR count). The van der Waals surface area contributed by atoms with Gasteiger partial charge in [0.1, 0.15) is 11.6 Å². The normalized spacial score (nSPS) is 24.4.